The highest BCUT2D eigenvalue weighted by atomic mass is 32.1. The SMILES string of the molecule is OC(Cc1cccc(F)c1F)c1cc2c(s1)CCCCC2. The number of aryl methyl sites for hydroxylation is 2. The number of rotatable bonds is 3. The third-order valence-corrected chi connectivity index (χ3v) is 5.38. The molecule has 3 rings (SSSR count). The standard InChI is InChI=1S/C17H18F2OS/c18-13-7-4-6-12(17(13)19)9-14(20)16-10-11-5-2-1-3-8-15(11)21-16/h4,6-7,10,14,20H,1-3,5,8-9H2. The van der Waals surface area contributed by atoms with Crippen LogP contribution in [-0.4, -0.2) is 5.11 Å². The summed E-state index contributed by atoms with van der Waals surface area (Å²) in [4.78, 5) is 2.21. The second-order valence-corrected chi connectivity index (χ2v) is 6.76. The molecular formula is C17H18F2OS. The average molecular weight is 308 g/mol. The number of hydrogen-bond acceptors (Lipinski definition) is 2. The Balaban J connectivity index is 1.79. The average Bonchev–Trinajstić information content (AvgIpc) is 2.75. The lowest BCUT2D eigenvalue weighted by Crippen LogP contribution is -2.03. The monoisotopic (exact) mass is 308 g/mol. The normalized spacial score (nSPS) is 16.3. The molecule has 0 bridgehead atoms. The van der Waals surface area contributed by atoms with Crippen LogP contribution in [0.2, 0.25) is 0 Å². The molecule has 0 aliphatic heterocycles. The molecule has 0 radical (unpaired) electrons. The van der Waals surface area contributed by atoms with E-state index in [4.69, 9.17) is 0 Å². The van der Waals surface area contributed by atoms with E-state index in [-0.39, 0.29) is 12.0 Å². The van der Waals surface area contributed by atoms with Crippen molar-refractivity contribution in [3.63, 3.8) is 0 Å². The number of aliphatic hydroxyl groups is 1. The molecule has 1 aromatic carbocycles. The summed E-state index contributed by atoms with van der Waals surface area (Å²) in [6, 6.07) is 6.15. The first kappa shape index (κ1) is 14.7. The van der Waals surface area contributed by atoms with Gasteiger partial charge in [-0.05, 0) is 48.9 Å². The number of fused-ring (bicyclic) bond motifs is 1. The maximum atomic E-state index is 13.7. The lowest BCUT2D eigenvalue weighted by molar-refractivity contribution is 0.180. The van der Waals surface area contributed by atoms with Crippen LogP contribution in [0, 0.1) is 11.6 Å². The molecule has 1 aliphatic carbocycles. The molecule has 0 saturated heterocycles. The van der Waals surface area contributed by atoms with Crippen molar-refractivity contribution in [3.8, 4) is 0 Å². The van der Waals surface area contributed by atoms with Crippen molar-refractivity contribution in [1.82, 2.24) is 0 Å². The molecule has 1 atom stereocenters. The fourth-order valence-corrected chi connectivity index (χ4v) is 4.11. The molecule has 4 heteroatoms. The first-order valence-corrected chi connectivity index (χ1v) is 8.19. The molecule has 0 saturated carbocycles. The van der Waals surface area contributed by atoms with E-state index >= 15 is 0 Å². The molecule has 0 amide bonds. The van der Waals surface area contributed by atoms with Crippen molar-refractivity contribution in [1.29, 1.82) is 0 Å². The van der Waals surface area contributed by atoms with Crippen LogP contribution >= 0.6 is 11.3 Å². The second kappa shape index (κ2) is 6.24. The van der Waals surface area contributed by atoms with Gasteiger partial charge in [0, 0.05) is 16.2 Å². The second-order valence-electron chi connectivity index (χ2n) is 5.59. The van der Waals surface area contributed by atoms with Crippen LogP contribution in [0.1, 0.15) is 46.2 Å². The Morgan fingerprint density at radius 1 is 1.14 bits per heavy atom. The summed E-state index contributed by atoms with van der Waals surface area (Å²) >= 11 is 1.62. The van der Waals surface area contributed by atoms with Crippen LogP contribution in [-0.2, 0) is 19.3 Å². The molecule has 1 nitrogen and oxygen atoms in total. The van der Waals surface area contributed by atoms with E-state index in [1.165, 1.54) is 41.8 Å². The Morgan fingerprint density at radius 2 is 1.95 bits per heavy atom. The van der Waals surface area contributed by atoms with Crippen molar-refractivity contribution in [2.24, 2.45) is 0 Å². The molecule has 1 aliphatic rings. The Kier molecular flexibility index (Phi) is 4.36. The minimum atomic E-state index is -0.860. The van der Waals surface area contributed by atoms with Crippen LogP contribution in [0.15, 0.2) is 24.3 Å². The third kappa shape index (κ3) is 3.16. The molecule has 1 N–H and O–H groups in total. The van der Waals surface area contributed by atoms with E-state index in [1.807, 2.05) is 6.07 Å². The molecule has 1 aromatic heterocycles. The van der Waals surface area contributed by atoms with Gasteiger partial charge in [0.05, 0.1) is 6.10 Å². The summed E-state index contributed by atoms with van der Waals surface area (Å²) in [6.45, 7) is 0. The van der Waals surface area contributed by atoms with Crippen molar-refractivity contribution in [2.45, 2.75) is 44.6 Å². The number of aliphatic hydroxyl groups excluding tert-OH is 1. The number of hydrogen-bond donors (Lipinski definition) is 1. The van der Waals surface area contributed by atoms with E-state index in [2.05, 4.69) is 0 Å². The van der Waals surface area contributed by atoms with Crippen LogP contribution in [0.3, 0.4) is 0 Å². The Bertz CT molecular complexity index is 612. The van der Waals surface area contributed by atoms with Gasteiger partial charge >= 0.3 is 0 Å². The molecule has 1 heterocycles. The highest BCUT2D eigenvalue weighted by molar-refractivity contribution is 7.12. The summed E-state index contributed by atoms with van der Waals surface area (Å²) in [5.74, 6) is -1.71. The molecule has 112 valence electrons. The number of thiophene rings is 1. The zero-order valence-electron chi connectivity index (χ0n) is 11.7. The van der Waals surface area contributed by atoms with Crippen molar-refractivity contribution < 1.29 is 13.9 Å². The molecule has 2 aromatic rings. The number of halogens is 2. The highest BCUT2D eigenvalue weighted by Crippen LogP contribution is 2.33. The van der Waals surface area contributed by atoms with Crippen molar-refractivity contribution in [3.05, 3.63) is 56.8 Å². The van der Waals surface area contributed by atoms with E-state index in [0.717, 1.165) is 23.8 Å². The van der Waals surface area contributed by atoms with Crippen molar-refractivity contribution >= 4 is 11.3 Å². The van der Waals surface area contributed by atoms with Crippen molar-refractivity contribution in [2.75, 3.05) is 0 Å². The van der Waals surface area contributed by atoms with E-state index < -0.39 is 17.7 Å². The summed E-state index contributed by atoms with van der Waals surface area (Å²) in [5, 5.41) is 10.3. The van der Waals surface area contributed by atoms with Gasteiger partial charge in [-0.1, -0.05) is 18.6 Å². The zero-order chi connectivity index (χ0) is 14.8. The molecule has 0 spiro atoms. The van der Waals surface area contributed by atoms with Crippen LogP contribution in [0.4, 0.5) is 8.78 Å². The summed E-state index contributed by atoms with van der Waals surface area (Å²) < 4.78 is 26.9. The van der Waals surface area contributed by atoms with Gasteiger partial charge in [0.25, 0.3) is 0 Å². The van der Waals surface area contributed by atoms with Crippen LogP contribution in [0.5, 0.6) is 0 Å². The highest BCUT2D eigenvalue weighted by Gasteiger charge is 2.19. The van der Waals surface area contributed by atoms with E-state index in [1.54, 1.807) is 11.3 Å². The van der Waals surface area contributed by atoms with E-state index in [9.17, 15) is 13.9 Å². The fraction of sp³-hybridized carbons (Fsp3) is 0.412. The minimum absolute atomic E-state index is 0.114. The summed E-state index contributed by atoms with van der Waals surface area (Å²) in [6.07, 6.45) is 5.13. The Hall–Kier alpha value is -1.26. The van der Waals surface area contributed by atoms with Gasteiger partial charge < -0.3 is 5.11 Å². The van der Waals surface area contributed by atoms with Gasteiger partial charge in [0.1, 0.15) is 0 Å². The zero-order valence-corrected chi connectivity index (χ0v) is 12.6. The molecule has 1 unspecified atom stereocenters. The first-order valence-electron chi connectivity index (χ1n) is 7.37. The maximum absolute atomic E-state index is 13.7. The van der Waals surface area contributed by atoms with Gasteiger partial charge in [-0.3, -0.25) is 0 Å². The lowest BCUT2D eigenvalue weighted by Gasteiger charge is -2.09. The largest absolute Gasteiger partial charge is 0.387 e. The Labute approximate surface area is 127 Å². The first-order chi connectivity index (χ1) is 10.1. The fourth-order valence-electron chi connectivity index (χ4n) is 2.87. The van der Waals surface area contributed by atoms with Gasteiger partial charge in [-0.25, -0.2) is 8.78 Å². The van der Waals surface area contributed by atoms with Gasteiger partial charge in [0.15, 0.2) is 11.6 Å². The summed E-state index contributed by atoms with van der Waals surface area (Å²) in [5.41, 5.74) is 1.55. The van der Waals surface area contributed by atoms with Crippen LogP contribution < -0.4 is 0 Å². The van der Waals surface area contributed by atoms with E-state index in [0.29, 0.717) is 0 Å². The lowest BCUT2D eigenvalue weighted by atomic mass is 10.0. The smallest absolute Gasteiger partial charge is 0.162 e. The topological polar surface area (TPSA) is 20.2 Å². The van der Waals surface area contributed by atoms with Gasteiger partial charge in [0.2, 0.25) is 0 Å². The predicted octanol–water partition coefficient (Wildman–Crippen LogP) is 4.57. The van der Waals surface area contributed by atoms with Gasteiger partial charge in [-0.15, -0.1) is 11.3 Å². The predicted molar refractivity (Wildman–Crippen MR) is 80.6 cm³/mol. The third-order valence-electron chi connectivity index (χ3n) is 4.04. The Morgan fingerprint density at radius 3 is 2.81 bits per heavy atom. The maximum Gasteiger partial charge on any atom is 0.162 e. The van der Waals surface area contributed by atoms with Gasteiger partial charge in [-0.2, -0.15) is 0 Å². The quantitative estimate of drug-likeness (QED) is 0.823. The molecule has 0 fully saturated rings. The molecular weight excluding hydrogens is 290 g/mol. The number of benzene rings is 1. The van der Waals surface area contributed by atoms with Crippen LogP contribution in [0.25, 0.3) is 0 Å². The minimum Gasteiger partial charge on any atom is -0.387 e. The summed E-state index contributed by atoms with van der Waals surface area (Å²) in [7, 11) is 0. The molecule has 21 heavy (non-hydrogen) atoms.